The summed E-state index contributed by atoms with van der Waals surface area (Å²) in [6.07, 6.45) is 3.19. The fourth-order valence-corrected chi connectivity index (χ4v) is 2.85. The van der Waals surface area contributed by atoms with E-state index in [-0.39, 0.29) is 6.61 Å². The van der Waals surface area contributed by atoms with E-state index in [1.165, 1.54) is 0 Å². The van der Waals surface area contributed by atoms with Crippen LogP contribution in [0.3, 0.4) is 0 Å². The number of aromatic nitrogens is 2. The molecule has 1 heterocycles. The highest BCUT2D eigenvalue weighted by atomic mass is 16.5. The Morgan fingerprint density at radius 2 is 2.00 bits per heavy atom. The van der Waals surface area contributed by atoms with Gasteiger partial charge in [-0.25, -0.2) is 4.98 Å². The zero-order valence-electron chi connectivity index (χ0n) is 16.8. The first-order valence-corrected chi connectivity index (χ1v) is 9.44. The van der Waals surface area contributed by atoms with E-state index in [0.717, 1.165) is 24.5 Å². The molecule has 7 nitrogen and oxygen atoms in total. The van der Waals surface area contributed by atoms with Crippen LogP contribution in [0.1, 0.15) is 25.2 Å². The molecular formula is C20H32N4O3. The summed E-state index contributed by atoms with van der Waals surface area (Å²) < 4.78 is 13.2. The second-order valence-corrected chi connectivity index (χ2v) is 6.49. The van der Waals surface area contributed by atoms with Crippen LogP contribution in [-0.2, 0) is 20.1 Å². The van der Waals surface area contributed by atoms with Crippen molar-refractivity contribution in [2.24, 2.45) is 7.05 Å². The molecule has 0 aliphatic heterocycles. The first kappa shape index (κ1) is 21.2. The molecule has 2 aromatic rings. The predicted octanol–water partition coefficient (Wildman–Crippen LogP) is 1.80. The quantitative estimate of drug-likeness (QED) is 0.589. The lowest BCUT2D eigenvalue weighted by atomic mass is 10.2. The van der Waals surface area contributed by atoms with Gasteiger partial charge in [0.2, 0.25) is 0 Å². The number of methoxy groups -OCH3 is 1. The van der Waals surface area contributed by atoms with E-state index in [1.54, 1.807) is 13.3 Å². The lowest BCUT2D eigenvalue weighted by Gasteiger charge is -2.22. The standard InChI is InChI=1S/C20H32N4O3/c1-5-24(6-2)14-17(25)15-27-18-8-7-16(11-19(18)26-4)12-21-13-20-22-9-10-23(20)3/h7-11,17,21,25H,5-6,12-15H2,1-4H3. The van der Waals surface area contributed by atoms with Crippen molar-refractivity contribution < 1.29 is 14.6 Å². The zero-order valence-corrected chi connectivity index (χ0v) is 16.8. The number of hydrogen-bond donors (Lipinski definition) is 2. The van der Waals surface area contributed by atoms with Crippen LogP contribution >= 0.6 is 0 Å². The smallest absolute Gasteiger partial charge is 0.161 e. The summed E-state index contributed by atoms with van der Waals surface area (Å²) in [5.41, 5.74) is 1.09. The number of nitrogens with one attached hydrogen (secondary N) is 1. The minimum Gasteiger partial charge on any atom is -0.493 e. The van der Waals surface area contributed by atoms with Crippen LogP contribution in [0.5, 0.6) is 11.5 Å². The van der Waals surface area contributed by atoms with Gasteiger partial charge in [-0.1, -0.05) is 19.9 Å². The van der Waals surface area contributed by atoms with Gasteiger partial charge in [0.15, 0.2) is 11.5 Å². The molecule has 0 amide bonds. The second-order valence-electron chi connectivity index (χ2n) is 6.49. The molecule has 150 valence electrons. The molecule has 1 aromatic heterocycles. The highest BCUT2D eigenvalue weighted by Gasteiger charge is 2.12. The van der Waals surface area contributed by atoms with Crippen molar-refractivity contribution in [3.8, 4) is 11.5 Å². The molecule has 0 aliphatic rings. The number of likely N-dealkylation sites (N-methyl/N-ethyl adjacent to an activating group) is 1. The fourth-order valence-electron chi connectivity index (χ4n) is 2.85. The largest absolute Gasteiger partial charge is 0.493 e. The minimum absolute atomic E-state index is 0.240. The topological polar surface area (TPSA) is 71.8 Å². The summed E-state index contributed by atoms with van der Waals surface area (Å²) >= 11 is 0. The number of imidazole rings is 1. The van der Waals surface area contributed by atoms with E-state index >= 15 is 0 Å². The number of aliphatic hydroxyl groups is 1. The summed E-state index contributed by atoms with van der Waals surface area (Å²) in [4.78, 5) is 6.47. The van der Waals surface area contributed by atoms with Crippen molar-refractivity contribution in [3.05, 3.63) is 42.0 Å². The summed E-state index contributed by atoms with van der Waals surface area (Å²) in [5.74, 6) is 2.30. The average molecular weight is 377 g/mol. The fraction of sp³-hybridized carbons (Fsp3) is 0.550. The molecule has 0 spiro atoms. The summed E-state index contributed by atoms with van der Waals surface area (Å²) in [5, 5.41) is 13.5. The van der Waals surface area contributed by atoms with Gasteiger partial charge in [0.1, 0.15) is 18.5 Å². The minimum atomic E-state index is -0.534. The van der Waals surface area contributed by atoms with Crippen molar-refractivity contribution in [2.75, 3.05) is 33.4 Å². The van der Waals surface area contributed by atoms with Gasteiger partial charge in [-0.2, -0.15) is 0 Å². The van der Waals surface area contributed by atoms with Gasteiger partial charge in [-0.3, -0.25) is 0 Å². The number of rotatable bonds is 12. The molecule has 1 atom stereocenters. The average Bonchev–Trinajstić information content (AvgIpc) is 3.09. The molecule has 0 bridgehead atoms. The number of benzene rings is 1. The maximum atomic E-state index is 10.2. The van der Waals surface area contributed by atoms with Crippen LogP contribution < -0.4 is 14.8 Å². The van der Waals surface area contributed by atoms with Gasteiger partial charge in [-0.05, 0) is 30.8 Å². The van der Waals surface area contributed by atoms with Gasteiger partial charge in [0.05, 0.1) is 13.7 Å². The maximum Gasteiger partial charge on any atom is 0.161 e. The SMILES string of the molecule is CCN(CC)CC(O)COc1ccc(CNCc2nccn2C)cc1OC. The van der Waals surface area contributed by atoms with Gasteiger partial charge in [0.25, 0.3) is 0 Å². The van der Waals surface area contributed by atoms with E-state index in [1.807, 2.05) is 36.0 Å². The molecule has 2 N–H and O–H groups in total. The first-order chi connectivity index (χ1) is 13.1. The maximum absolute atomic E-state index is 10.2. The third kappa shape index (κ3) is 6.53. The summed E-state index contributed by atoms with van der Waals surface area (Å²) in [6.45, 7) is 8.24. The van der Waals surface area contributed by atoms with Crippen molar-refractivity contribution in [1.29, 1.82) is 0 Å². The van der Waals surface area contributed by atoms with E-state index in [0.29, 0.717) is 31.1 Å². The van der Waals surface area contributed by atoms with E-state index in [9.17, 15) is 5.11 Å². The van der Waals surface area contributed by atoms with Crippen LogP contribution in [0.4, 0.5) is 0 Å². The third-order valence-corrected chi connectivity index (χ3v) is 4.56. The molecule has 0 aliphatic carbocycles. The molecule has 1 aromatic carbocycles. The Labute approximate surface area is 161 Å². The van der Waals surface area contributed by atoms with Gasteiger partial charge in [0, 0.05) is 32.5 Å². The lowest BCUT2D eigenvalue weighted by Crippen LogP contribution is -2.35. The molecular weight excluding hydrogens is 344 g/mol. The molecule has 0 saturated heterocycles. The Balaban J connectivity index is 1.86. The van der Waals surface area contributed by atoms with Crippen molar-refractivity contribution in [3.63, 3.8) is 0 Å². The Hall–Kier alpha value is -2.09. The highest BCUT2D eigenvalue weighted by molar-refractivity contribution is 5.43. The molecule has 7 heteroatoms. The molecule has 27 heavy (non-hydrogen) atoms. The number of hydrogen-bond acceptors (Lipinski definition) is 6. The third-order valence-electron chi connectivity index (χ3n) is 4.56. The molecule has 0 radical (unpaired) electrons. The van der Waals surface area contributed by atoms with Gasteiger partial charge >= 0.3 is 0 Å². The Kier molecular flexibility index (Phi) is 8.57. The van der Waals surface area contributed by atoms with E-state index < -0.39 is 6.10 Å². The first-order valence-electron chi connectivity index (χ1n) is 9.44. The van der Waals surface area contributed by atoms with Gasteiger partial charge < -0.3 is 29.4 Å². The number of aliphatic hydroxyl groups excluding tert-OH is 1. The molecule has 2 rings (SSSR count). The Bertz CT molecular complexity index is 686. The van der Waals surface area contributed by atoms with Crippen molar-refractivity contribution >= 4 is 0 Å². The highest BCUT2D eigenvalue weighted by Crippen LogP contribution is 2.28. The van der Waals surface area contributed by atoms with E-state index in [4.69, 9.17) is 9.47 Å². The summed E-state index contributed by atoms with van der Waals surface area (Å²) in [6, 6.07) is 5.85. The predicted molar refractivity (Wildman–Crippen MR) is 106 cm³/mol. The molecule has 1 unspecified atom stereocenters. The Morgan fingerprint density at radius 1 is 1.22 bits per heavy atom. The monoisotopic (exact) mass is 376 g/mol. The Morgan fingerprint density at radius 3 is 2.63 bits per heavy atom. The summed E-state index contributed by atoms with van der Waals surface area (Å²) in [7, 11) is 3.60. The normalized spacial score (nSPS) is 12.4. The van der Waals surface area contributed by atoms with Crippen molar-refractivity contribution in [2.45, 2.75) is 33.0 Å². The van der Waals surface area contributed by atoms with Crippen LogP contribution in [0.25, 0.3) is 0 Å². The van der Waals surface area contributed by atoms with Crippen LogP contribution in [0, 0.1) is 0 Å². The number of ether oxygens (including phenoxy) is 2. The second kappa shape index (κ2) is 10.9. The molecule has 0 saturated carbocycles. The lowest BCUT2D eigenvalue weighted by molar-refractivity contribution is 0.0705. The number of nitrogens with zero attached hydrogens (tertiary/aromatic N) is 3. The molecule has 0 fully saturated rings. The van der Waals surface area contributed by atoms with Crippen LogP contribution in [-0.4, -0.2) is 59.0 Å². The van der Waals surface area contributed by atoms with Crippen LogP contribution in [0.15, 0.2) is 30.6 Å². The zero-order chi connectivity index (χ0) is 19.6. The van der Waals surface area contributed by atoms with E-state index in [2.05, 4.69) is 29.0 Å². The van der Waals surface area contributed by atoms with Crippen LogP contribution in [0.2, 0.25) is 0 Å². The number of aryl methyl sites for hydroxylation is 1. The van der Waals surface area contributed by atoms with Crippen molar-refractivity contribution in [1.82, 2.24) is 19.8 Å². The van der Waals surface area contributed by atoms with Gasteiger partial charge in [-0.15, -0.1) is 0 Å².